The second-order valence-electron chi connectivity index (χ2n) is 4.98. The molecule has 0 saturated carbocycles. The quantitative estimate of drug-likeness (QED) is 0.241. The molecule has 0 radical (unpaired) electrons. The Morgan fingerprint density at radius 3 is 1.56 bits per heavy atom. The second-order valence-corrected chi connectivity index (χ2v) is 7.16. The minimum atomic E-state index is -6.89. The van der Waals surface area contributed by atoms with Crippen molar-refractivity contribution in [3.63, 3.8) is 0 Å². The lowest BCUT2D eigenvalue weighted by Gasteiger charge is -2.33. The number of unbranched alkanes of at least 4 members (excludes halogenated alkanes) is 1. The van der Waals surface area contributed by atoms with Gasteiger partial charge < -0.3 is 9.05 Å². The van der Waals surface area contributed by atoms with Gasteiger partial charge in [-0.05, 0) is 26.7 Å². The van der Waals surface area contributed by atoms with Crippen molar-refractivity contribution in [1.29, 1.82) is 0 Å². The molecule has 0 aliphatic carbocycles. The summed E-state index contributed by atoms with van der Waals surface area (Å²) in [6.07, 6.45) is -10.6. The molecule has 0 aromatic heterocycles. The molecule has 0 saturated heterocycles. The fraction of sp³-hybridized carbons (Fsp3) is 1.00. The fourth-order valence-corrected chi connectivity index (χ4v) is 3.51. The van der Waals surface area contributed by atoms with E-state index in [0.29, 0.717) is 0 Å². The third-order valence-electron chi connectivity index (χ3n) is 3.03. The van der Waals surface area contributed by atoms with Gasteiger partial charge in [0.15, 0.2) is 0 Å². The van der Waals surface area contributed by atoms with E-state index < -0.39 is 57.0 Å². The lowest BCUT2D eigenvalue weighted by atomic mass is 9.99. The van der Waals surface area contributed by atoms with Gasteiger partial charge in [-0.15, -0.1) is 0 Å². The highest BCUT2D eigenvalue weighted by atomic mass is 31.2. The summed E-state index contributed by atoms with van der Waals surface area (Å²) < 4.78 is 135. The van der Waals surface area contributed by atoms with Gasteiger partial charge >= 0.3 is 31.5 Å². The van der Waals surface area contributed by atoms with Gasteiger partial charge in [0.25, 0.3) is 0 Å². The van der Waals surface area contributed by atoms with Gasteiger partial charge in [-0.25, -0.2) is 0 Å². The molecule has 0 fully saturated rings. The van der Waals surface area contributed by atoms with E-state index in [4.69, 9.17) is 9.05 Å². The van der Waals surface area contributed by atoms with Crippen LogP contribution in [-0.4, -0.2) is 43.3 Å². The van der Waals surface area contributed by atoms with Crippen molar-refractivity contribution in [2.24, 2.45) is 0 Å². The van der Waals surface area contributed by atoms with Gasteiger partial charge in [-0.2, -0.15) is 39.5 Å². The predicted octanol–water partition coefficient (Wildman–Crippen LogP) is 5.89. The van der Waals surface area contributed by atoms with E-state index in [-0.39, 0.29) is 13.2 Å². The lowest BCUT2D eigenvalue weighted by molar-refractivity contribution is -0.396. The van der Waals surface area contributed by atoms with Gasteiger partial charge in [0.05, 0.1) is 19.4 Å². The molecule has 0 aliphatic rings. The van der Waals surface area contributed by atoms with Crippen molar-refractivity contribution in [2.45, 2.75) is 57.1 Å². The van der Waals surface area contributed by atoms with Crippen molar-refractivity contribution in [3.05, 3.63) is 0 Å². The molecular weight excluding hydrogens is 394 g/mol. The van der Waals surface area contributed by atoms with Gasteiger partial charge in [0.1, 0.15) is 0 Å². The number of rotatable bonds is 11. The average molecular weight is 412 g/mol. The van der Waals surface area contributed by atoms with Crippen LogP contribution in [0.1, 0.15) is 33.1 Å². The first-order valence-electron chi connectivity index (χ1n) is 7.16. The standard InChI is InChI=1S/C12H18F9O3P/c1-3-23-25(22,24-4-2)8-6-5-7-9(13,14)10(15,16)11(17,18)12(19,20)21/h3-8H2,1-2H3. The van der Waals surface area contributed by atoms with E-state index in [1.165, 1.54) is 13.8 Å². The van der Waals surface area contributed by atoms with Crippen LogP contribution < -0.4 is 0 Å². The van der Waals surface area contributed by atoms with Crippen LogP contribution in [0.25, 0.3) is 0 Å². The third-order valence-corrected chi connectivity index (χ3v) is 5.20. The van der Waals surface area contributed by atoms with Crippen molar-refractivity contribution in [3.8, 4) is 0 Å². The number of hydrogen-bond donors (Lipinski definition) is 0. The molecule has 0 amide bonds. The maximum absolute atomic E-state index is 13.3. The molecule has 0 unspecified atom stereocenters. The minimum Gasteiger partial charge on any atom is -0.309 e. The highest BCUT2D eigenvalue weighted by molar-refractivity contribution is 7.53. The Morgan fingerprint density at radius 2 is 1.20 bits per heavy atom. The highest BCUT2D eigenvalue weighted by Crippen LogP contribution is 2.55. The van der Waals surface area contributed by atoms with Crippen molar-refractivity contribution in [1.82, 2.24) is 0 Å². The zero-order valence-electron chi connectivity index (χ0n) is 13.3. The summed E-state index contributed by atoms with van der Waals surface area (Å²) in [5.74, 6) is -19.1. The minimum absolute atomic E-state index is 0.0523. The molecule has 0 rings (SSSR count). The summed E-state index contributed by atoms with van der Waals surface area (Å²) in [6, 6.07) is 0. The Morgan fingerprint density at radius 1 is 0.760 bits per heavy atom. The Hall–Kier alpha value is -0.480. The molecule has 0 aromatic rings. The van der Waals surface area contributed by atoms with Crippen molar-refractivity contribution >= 4 is 7.60 Å². The summed E-state index contributed by atoms with van der Waals surface area (Å²) in [7, 11) is -3.66. The van der Waals surface area contributed by atoms with Crippen LogP contribution in [0.15, 0.2) is 0 Å². The molecule has 3 nitrogen and oxygen atoms in total. The molecule has 25 heavy (non-hydrogen) atoms. The summed E-state index contributed by atoms with van der Waals surface area (Å²) in [5.41, 5.74) is 0. The van der Waals surface area contributed by atoms with Crippen LogP contribution >= 0.6 is 7.60 Å². The number of alkyl halides is 9. The maximum Gasteiger partial charge on any atom is 0.460 e. The third kappa shape index (κ3) is 5.75. The normalized spacial score (nSPS) is 14.8. The van der Waals surface area contributed by atoms with Crippen LogP contribution in [0.2, 0.25) is 0 Å². The van der Waals surface area contributed by atoms with E-state index in [1.54, 1.807) is 0 Å². The first-order chi connectivity index (χ1) is 11.1. The Balaban J connectivity index is 4.91. The number of halogens is 9. The van der Waals surface area contributed by atoms with E-state index in [9.17, 15) is 44.1 Å². The Bertz CT molecular complexity index is 455. The van der Waals surface area contributed by atoms with Crippen LogP contribution in [0, 0.1) is 0 Å². The molecule has 13 heteroatoms. The van der Waals surface area contributed by atoms with Crippen LogP contribution in [0.4, 0.5) is 39.5 Å². The highest BCUT2D eigenvalue weighted by Gasteiger charge is 2.81. The van der Waals surface area contributed by atoms with Crippen molar-refractivity contribution in [2.75, 3.05) is 19.4 Å². The monoisotopic (exact) mass is 412 g/mol. The molecule has 0 aromatic carbocycles. The van der Waals surface area contributed by atoms with Crippen LogP contribution in [-0.2, 0) is 13.6 Å². The molecule has 0 bridgehead atoms. The molecule has 0 atom stereocenters. The molecule has 0 N–H and O–H groups in total. The van der Waals surface area contributed by atoms with E-state index >= 15 is 0 Å². The first kappa shape index (κ1) is 24.5. The van der Waals surface area contributed by atoms with Crippen LogP contribution in [0.3, 0.4) is 0 Å². The SMILES string of the molecule is CCOP(=O)(CCCCC(F)(F)C(F)(F)C(F)(F)C(F)(F)F)OCC. The molecule has 0 spiro atoms. The largest absolute Gasteiger partial charge is 0.460 e. The zero-order chi connectivity index (χ0) is 20.2. The zero-order valence-corrected chi connectivity index (χ0v) is 14.2. The fourth-order valence-electron chi connectivity index (χ4n) is 1.78. The topological polar surface area (TPSA) is 35.5 Å². The van der Waals surface area contributed by atoms with E-state index in [1.807, 2.05) is 0 Å². The summed E-state index contributed by atoms with van der Waals surface area (Å²) in [4.78, 5) is 0. The summed E-state index contributed by atoms with van der Waals surface area (Å²) >= 11 is 0. The Kier molecular flexibility index (Phi) is 8.31. The van der Waals surface area contributed by atoms with Crippen LogP contribution in [0.5, 0.6) is 0 Å². The molecule has 152 valence electrons. The molecular formula is C12H18F9O3P. The lowest BCUT2D eigenvalue weighted by Crippen LogP contribution is -2.60. The Labute approximate surface area is 138 Å². The smallest absolute Gasteiger partial charge is 0.309 e. The molecule has 0 heterocycles. The first-order valence-corrected chi connectivity index (χ1v) is 8.89. The van der Waals surface area contributed by atoms with Gasteiger partial charge in [0.2, 0.25) is 0 Å². The maximum atomic E-state index is 13.3. The molecule has 0 aliphatic heterocycles. The van der Waals surface area contributed by atoms with E-state index in [2.05, 4.69) is 0 Å². The van der Waals surface area contributed by atoms with Gasteiger partial charge in [0, 0.05) is 6.42 Å². The van der Waals surface area contributed by atoms with Crippen molar-refractivity contribution < 1.29 is 53.1 Å². The predicted molar refractivity (Wildman–Crippen MR) is 70.5 cm³/mol. The average Bonchev–Trinajstić information content (AvgIpc) is 2.42. The second kappa shape index (κ2) is 8.47. The summed E-state index contributed by atoms with van der Waals surface area (Å²) in [6.45, 7) is 2.81. The van der Waals surface area contributed by atoms with Gasteiger partial charge in [-0.3, -0.25) is 4.57 Å². The van der Waals surface area contributed by atoms with E-state index in [0.717, 1.165) is 0 Å². The van der Waals surface area contributed by atoms with Gasteiger partial charge in [-0.1, -0.05) is 0 Å². The number of hydrogen-bond acceptors (Lipinski definition) is 3. The summed E-state index contributed by atoms with van der Waals surface area (Å²) in [5, 5.41) is 0.